The Morgan fingerprint density at radius 1 is 1.17 bits per heavy atom. The lowest BCUT2D eigenvalue weighted by Crippen LogP contribution is -2.43. The highest BCUT2D eigenvalue weighted by atomic mass is 35.5. The third-order valence-corrected chi connectivity index (χ3v) is 7.25. The lowest BCUT2D eigenvalue weighted by Gasteiger charge is -2.30. The number of sulfonamides is 1. The number of halogens is 2. The minimum absolute atomic E-state index is 0.0103. The van der Waals surface area contributed by atoms with Gasteiger partial charge in [-0.3, -0.25) is 4.79 Å². The average Bonchev–Trinajstić information content (AvgIpc) is 2.72. The Morgan fingerprint density at radius 3 is 2.52 bits per heavy atom. The van der Waals surface area contributed by atoms with E-state index in [1.807, 2.05) is 0 Å². The molecule has 0 radical (unpaired) electrons. The van der Waals surface area contributed by atoms with Crippen molar-refractivity contribution >= 4 is 39.1 Å². The number of hydrogen-bond acceptors (Lipinski definition) is 5. The Bertz CT molecular complexity index is 946. The van der Waals surface area contributed by atoms with Crippen molar-refractivity contribution in [3.63, 3.8) is 0 Å². The predicted octanol–water partition coefficient (Wildman–Crippen LogP) is 2.98. The van der Waals surface area contributed by atoms with Gasteiger partial charge in [-0.15, -0.1) is 0 Å². The van der Waals surface area contributed by atoms with E-state index in [9.17, 15) is 13.2 Å². The quantitative estimate of drug-likeness (QED) is 0.509. The Labute approximate surface area is 180 Å². The van der Waals surface area contributed by atoms with Crippen LogP contribution in [0.3, 0.4) is 0 Å². The van der Waals surface area contributed by atoms with Crippen molar-refractivity contribution in [2.75, 3.05) is 26.2 Å². The molecule has 0 unspecified atom stereocenters. The van der Waals surface area contributed by atoms with Gasteiger partial charge < -0.3 is 10.1 Å². The van der Waals surface area contributed by atoms with E-state index in [1.165, 1.54) is 22.6 Å². The monoisotopic (exact) mass is 457 g/mol. The number of nitrogens with one attached hydrogen (secondary N) is 1. The van der Waals surface area contributed by atoms with Gasteiger partial charge in [0.2, 0.25) is 15.9 Å². The van der Waals surface area contributed by atoms with Crippen molar-refractivity contribution in [1.82, 2.24) is 14.6 Å². The van der Waals surface area contributed by atoms with Gasteiger partial charge in [-0.2, -0.15) is 4.31 Å². The molecular formula is C19H21Cl2N3O4S. The first-order valence-electron chi connectivity index (χ1n) is 9.14. The van der Waals surface area contributed by atoms with E-state index >= 15 is 0 Å². The van der Waals surface area contributed by atoms with E-state index in [0.717, 1.165) is 0 Å². The molecule has 156 valence electrons. The number of hydrogen-bond donors (Lipinski definition) is 1. The third kappa shape index (κ3) is 5.60. The van der Waals surface area contributed by atoms with Crippen LogP contribution in [-0.4, -0.2) is 49.9 Å². The number of carbonyl (C=O) groups is 1. The number of aromatic nitrogens is 1. The molecule has 1 aliphatic rings. The van der Waals surface area contributed by atoms with Crippen LogP contribution in [0.5, 0.6) is 5.75 Å². The number of ether oxygens (including phenoxy) is 1. The van der Waals surface area contributed by atoms with Crippen LogP contribution in [0.15, 0.2) is 47.5 Å². The molecule has 1 aromatic carbocycles. The number of nitrogens with zero attached hydrogens (tertiary/aromatic N) is 2. The van der Waals surface area contributed by atoms with Crippen LogP contribution < -0.4 is 10.1 Å². The zero-order valence-corrected chi connectivity index (χ0v) is 17.9. The van der Waals surface area contributed by atoms with E-state index in [4.69, 9.17) is 27.9 Å². The van der Waals surface area contributed by atoms with Crippen molar-refractivity contribution in [3.8, 4) is 5.75 Å². The molecule has 10 heteroatoms. The van der Waals surface area contributed by atoms with Crippen LogP contribution in [0, 0.1) is 5.92 Å². The largest absolute Gasteiger partial charge is 0.492 e. The second kappa shape index (κ2) is 9.75. The van der Waals surface area contributed by atoms with Gasteiger partial charge in [0.05, 0.1) is 6.54 Å². The number of carbonyl (C=O) groups excluding carboxylic acids is 1. The van der Waals surface area contributed by atoms with Crippen molar-refractivity contribution in [2.24, 2.45) is 5.92 Å². The van der Waals surface area contributed by atoms with Crippen molar-refractivity contribution in [1.29, 1.82) is 0 Å². The zero-order chi connectivity index (χ0) is 20.9. The molecule has 1 amide bonds. The maximum Gasteiger partial charge on any atom is 0.246 e. The Hall–Kier alpha value is -1.87. The molecule has 1 fully saturated rings. The van der Waals surface area contributed by atoms with Gasteiger partial charge in [-0.05, 0) is 49.2 Å². The molecular weight excluding hydrogens is 437 g/mol. The standard InChI is InChI=1S/C19H21Cl2N3O4S/c20-15-3-5-16(6-4-15)28-13-10-23-19(25)14-7-11-24(12-8-14)29(26,27)17-2-1-9-22-18(17)21/h1-6,9,14H,7-8,10-13H2,(H,23,25). The number of piperidine rings is 1. The van der Waals surface area contributed by atoms with Gasteiger partial charge in [0, 0.05) is 30.2 Å². The van der Waals surface area contributed by atoms with E-state index in [0.29, 0.717) is 36.8 Å². The minimum atomic E-state index is -3.72. The van der Waals surface area contributed by atoms with E-state index in [2.05, 4.69) is 10.3 Å². The number of rotatable bonds is 7. The highest BCUT2D eigenvalue weighted by Gasteiger charge is 2.33. The molecule has 0 spiro atoms. The SMILES string of the molecule is O=C(NCCOc1ccc(Cl)cc1)C1CCN(S(=O)(=O)c2cccnc2Cl)CC1. The van der Waals surface area contributed by atoms with Crippen molar-refractivity contribution < 1.29 is 17.9 Å². The van der Waals surface area contributed by atoms with Gasteiger partial charge in [-0.25, -0.2) is 13.4 Å². The first-order valence-corrected chi connectivity index (χ1v) is 11.3. The fourth-order valence-electron chi connectivity index (χ4n) is 3.08. The Morgan fingerprint density at radius 2 is 1.86 bits per heavy atom. The van der Waals surface area contributed by atoms with Crippen molar-refractivity contribution in [3.05, 3.63) is 52.8 Å². The second-order valence-corrected chi connectivity index (χ2v) is 9.26. The average molecular weight is 458 g/mol. The summed E-state index contributed by atoms with van der Waals surface area (Å²) in [6, 6.07) is 9.95. The van der Waals surface area contributed by atoms with Crippen LogP contribution in [0.4, 0.5) is 0 Å². The first-order chi connectivity index (χ1) is 13.9. The lowest BCUT2D eigenvalue weighted by molar-refractivity contribution is -0.126. The third-order valence-electron chi connectivity index (χ3n) is 4.65. The number of pyridine rings is 1. The summed E-state index contributed by atoms with van der Waals surface area (Å²) in [5.74, 6) is 0.346. The fourth-order valence-corrected chi connectivity index (χ4v) is 5.10. The Kier molecular flexibility index (Phi) is 7.34. The zero-order valence-electron chi connectivity index (χ0n) is 15.6. The number of amides is 1. The van der Waals surface area contributed by atoms with Crippen LogP contribution in [0.2, 0.25) is 10.2 Å². The minimum Gasteiger partial charge on any atom is -0.492 e. The molecule has 2 aromatic rings. The molecule has 1 aliphatic heterocycles. The van der Waals surface area contributed by atoms with Gasteiger partial charge in [0.25, 0.3) is 0 Å². The molecule has 1 saturated heterocycles. The molecule has 7 nitrogen and oxygen atoms in total. The van der Waals surface area contributed by atoms with Crippen LogP contribution >= 0.6 is 23.2 Å². The summed E-state index contributed by atoms with van der Waals surface area (Å²) < 4.78 is 32.3. The van der Waals surface area contributed by atoms with Gasteiger partial charge in [0.1, 0.15) is 22.4 Å². The fraction of sp³-hybridized carbons (Fsp3) is 0.368. The van der Waals surface area contributed by atoms with Crippen LogP contribution in [-0.2, 0) is 14.8 Å². The molecule has 2 heterocycles. The van der Waals surface area contributed by atoms with Gasteiger partial charge in [-0.1, -0.05) is 23.2 Å². The second-order valence-electron chi connectivity index (χ2n) is 6.56. The molecule has 1 aromatic heterocycles. The molecule has 1 N–H and O–H groups in total. The maximum atomic E-state index is 12.7. The van der Waals surface area contributed by atoms with Crippen LogP contribution in [0.25, 0.3) is 0 Å². The van der Waals surface area contributed by atoms with Gasteiger partial charge in [0.15, 0.2) is 0 Å². The molecule has 0 saturated carbocycles. The van der Waals surface area contributed by atoms with Crippen molar-refractivity contribution in [2.45, 2.75) is 17.7 Å². The summed E-state index contributed by atoms with van der Waals surface area (Å²) in [5.41, 5.74) is 0. The van der Waals surface area contributed by atoms with E-state index < -0.39 is 10.0 Å². The predicted molar refractivity (Wildman–Crippen MR) is 111 cm³/mol. The topological polar surface area (TPSA) is 88.6 Å². The summed E-state index contributed by atoms with van der Waals surface area (Å²) in [4.78, 5) is 16.2. The molecule has 3 rings (SSSR count). The summed E-state index contributed by atoms with van der Waals surface area (Å²) in [6.07, 6.45) is 2.33. The summed E-state index contributed by atoms with van der Waals surface area (Å²) in [5, 5.41) is 3.42. The first kappa shape index (κ1) is 21.8. The highest BCUT2D eigenvalue weighted by Crippen LogP contribution is 2.27. The van der Waals surface area contributed by atoms with Crippen LogP contribution in [0.1, 0.15) is 12.8 Å². The van der Waals surface area contributed by atoms with E-state index in [-0.39, 0.29) is 35.0 Å². The summed E-state index contributed by atoms with van der Waals surface area (Å²) >= 11 is 11.7. The lowest BCUT2D eigenvalue weighted by atomic mass is 9.97. The molecule has 0 bridgehead atoms. The maximum absolute atomic E-state index is 12.7. The number of benzene rings is 1. The Balaban J connectivity index is 1.44. The molecule has 0 aliphatic carbocycles. The molecule has 0 atom stereocenters. The summed E-state index contributed by atoms with van der Waals surface area (Å²) in [7, 11) is -3.72. The normalized spacial score (nSPS) is 15.8. The summed E-state index contributed by atoms with van der Waals surface area (Å²) in [6.45, 7) is 1.21. The van der Waals surface area contributed by atoms with E-state index in [1.54, 1.807) is 24.3 Å². The highest BCUT2D eigenvalue weighted by molar-refractivity contribution is 7.89. The smallest absolute Gasteiger partial charge is 0.246 e. The molecule has 29 heavy (non-hydrogen) atoms. The van der Waals surface area contributed by atoms with Gasteiger partial charge >= 0.3 is 0 Å².